The Kier molecular flexibility index (Phi) is 5.66. The summed E-state index contributed by atoms with van der Waals surface area (Å²) in [6.07, 6.45) is 3.25. The number of ether oxygens (including phenoxy) is 2. The number of rotatable bonds is 8. The molecule has 0 atom stereocenters. The number of aliphatic carboxylic acids is 1. The van der Waals surface area contributed by atoms with Gasteiger partial charge in [-0.25, -0.2) is 0 Å². The monoisotopic (exact) mass is 454 g/mol. The van der Waals surface area contributed by atoms with Crippen LogP contribution in [-0.2, 0) is 9.53 Å². The summed E-state index contributed by atoms with van der Waals surface area (Å²) in [5.74, 6) is 0.348. The molecule has 2 aliphatic carbocycles. The van der Waals surface area contributed by atoms with E-state index in [2.05, 4.69) is 0 Å². The van der Waals surface area contributed by atoms with E-state index in [0.717, 1.165) is 18.4 Å². The summed E-state index contributed by atoms with van der Waals surface area (Å²) in [5, 5.41) is 9.92. The number of carbonyl (C=O) groups is 1. The summed E-state index contributed by atoms with van der Waals surface area (Å²) < 4.78 is 17.7. The minimum atomic E-state index is -0.767. The number of hydrogen-bond donors (Lipinski definition) is 1. The lowest BCUT2D eigenvalue weighted by Crippen LogP contribution is -2.37. The van der Waals surface area contributed by atoms with Crippen molar-refractivity contribution in [3.63, 3.8) is 0 Å². The molecule has 1 aromatic heterocycles. The number of hydrogen-bond acceptors (Lipinski definition) is 5. The van der Waals surface area contributed by atoms with Crippen LogP contribution in [-0.4, -0.2) is 30.4 Å². The van der Waals surface area contributed by atoms with Crippen LogP contribution in [0.2, 0.25) is 5.02 Å². The van der Waals surface area contributed by atoms with Crippen molar-refractivity contribution in [3.8, 4) is 17.1 Å². The lowest BCUT2D eigenvalue weighted by molar-refractivity contribution is -0.151. The highest BCUT2D eigenvalue weighted by Crippen LogP contribution is 2.45. The molecule has 2 aliphatic rings. The van der Waals surface area contributed by atoms with Gasteiger partial charge >= 0.3 is 5.97 Å². The molecule has 0 spiro atoms. The van der Waals surface area contributed by atoms with Crippen LogP contribution in [0, 0.1) is 5.92 Å². The molecule has 0 bridgehead atoms. The van der Waals surface area contributed by atoms with E-state index in [9.17, 15) is 9.59 Å². The standard InChI is InChI=1S/C25H23ClO6/c26-23-17(14-5-6-14)7-8-18-20(27)13-22(32-24(18)23)19-3-1-2-4-21(19)31-10-9-30-16-11-15(12-16)25(28)29/h1-4,7-8,13-16H,5-6,9-12H2,(H,28,29)/t15-,16+. The van der Waals surface area contributed by atoms with E-state index in [1.807, 2.05) is 30.3 Å². The van der Waals surface area contributed by atoms with Crippen LogP contribution >= 0.6 is 11.6 Å². The van der Waals surface area contributed by atoms with Gasteiger partial charge in [-0.05, 0) is 55.4 Å². The summed E-state index contributed by atoms with van der Waals surface area (Å²) in [5.41, 5.74) is 1.95. The number of halogens is 1. The average Bonchev–Trinajstić information content (AvgIpc) is 3.58. The van der Waals surface area contributed by atoms with Gasteiger partial charge in [0.15, 0.2) is 11.0 Å². The van der Waals surface area contributed by atoms with E-state index in [1.54, 1.807) is 6.07 Å². The maximum absolute atomic E-state index is 12.8. The Labute approximate surface area is 189 Å². The smallest absolute Gasteiger partial charge is 0.306 e. The minimum Gasteiger partial charge on any atom is -0.490 e. The van der Waals surface area contributed by atoms with Gasteiger partial charge in [0.05, 0.1) is 34.6 Å². The van der Waals surface area contributed by atoms with Gasteiger partial charge in [0.1, 0.15) is 18.1 Å². The normalized spacial score (nSPS) is 20.2. The molecule has 3 aromatic rings. The molecule has 0 aliphatic heterocycles. The van der Waals surface area contributed by atoms with Crippen molar-refractivity contribution in [2.24, 2.45) is 5.92 Å². The molecule has 32 heavy (non-hydrogen) atoms. The number of fused-ring (bicyclic) bond motifs is 1. The van der Waals surface area contributed by atoms with Crippen molar-refractivity contribution < 1.29 is 23.8 Å². The maximum atomic E-state index is 12.8. The van der Waals surface area contributed by atoms with Crippen molar-refractivity contribution in [1.29, 1.82) is 0 Å². The summed E-state index contributed by atoms with van der Waals surface area (Å²) in [7, 11) is 0. The SMILES string of the molecule is O=c1cc(-c2ccccc2OCCO[C@H]2C[C@@H](C(=O)O)C2)oc2c(Cl)c(C3CC3)ccc12. The fourth-order valence-corrected chi connectivity index (χ4v) is 4.47. The van der Waals surface area contributed by atoms with E-state index in [1.165, 1.54) is 6.07 Å². The van der Waals surface area contributed by atoms with Crippen molar-refractivity contribution in [2.45, 2.75) is 37.7 Å². The van der Waals surface area contributed by atoms with E-state index < -0.39 is 5.97 Å². The number of carboxylic acids is 1. The summed E-state index contributed by atoms with van der Waals surface area (Å²) in [6, 6.07) is 12.5. The molecule has 0 saturated heterocycles. The Morgan fingerprint density at radius 1 is 1.12 bits per heavy atom. The molecule has 0 radical (unpaired) electrons. The van der Waals surface area contributed by atoms with Crippen LogP contribution in [0.25, 0.3) is 22.3 Å². The Bertz CT molecular complexity index is 1220. The molecule has 0 amide bonds. The van der Waals surface area contributed by atoms with Crippen LogP contribution in [0.15, 0.2) is 51.7 Å². The van der Waals surface area contributed by atoms with Crippen molar-refractivity contribution in [3.05, 3.63) is 63.3 Å². The van der Waals surface area contributed by atoms with Gasteiger partial charge in [0.2, 0.25) is 0 Å². The molecular formula is C25H23ClO6. The van der Waals surface area contributed by atoms with Gasteiger partial charge in [0.25, 0.3) is 0 Å². The Hall–Kier alpha value is -2.83. The predicted molar refractivity (Wildman–Crippen MR) is 120 cm³/mol. The van der Waals surface area contributed by atoms with Crippen molar-refractivity contribution >= 4 is 28.5 Å². The molecule has 1 heterocycles. The molecule has 166 valence electrons. The maximum Gasteiger partial charge on any atom is 0.306 e. The first kappa shape index (κ1) is 21.0. The highest BCUT2D eigenvalue weighted by Gasteiger charge is 2.35. The van der Waals surface area contributed by atoms with Crippen LogP contribution in [0.5, 0.6) is 5.75 Å². The van der Waals surface area contributed by atoms with Crippen molar-refractivity contribution in [2.75, 3.05) is 13.2 Å². The van der Waals surface area contributed by atoms with Gasteiger partial charge in [-0.3, -0.25) is 9.59 Å². The zero-order chi connectivity index (χ0) is 22.2. The lowest BCUT2D eigenvalue weighted by Gasteiger charge is -2.32. The van der Waals surface area contributed by atoms with Crippen LogP contribution in [0.3, 0.4) is 0 Å². The van der Waals surface area contributed by atoms with E-state index in [0.29, 0.717) is 65.0 Å². The molecule has 2 saturated carbocycles. The summed E-state index contributed by atoms with van der Waals surface area (Å²) in [4.78, 5) is 23.6. The first-order valence-electron chi connectivity index (χ1n) is 10.8. The molecule has 1 N–H and O–H groups in total. The minimum absolute atomic E-state index is 0.0312. The van der Waals surface area contributed by atoms with E-state index in [-0.39, 0.29) is 17.5 Å². The second-order valence-electron chi connectivity index (χ2n) is 8.44. The molecule has 7 heteroatoms. The third-order valence-electron chi connectivity index (χ3n) is 6.17. The van der Waals surface area contributed by atoms with Crippen LogP contribution in [0.1, 0.15) is 37.2 Å². The zero-order valence-electron chi connectivity index (χ0n) is 17.4. The summed E-state index contributed by atoms with van der Waals surface area (Å²) in [6.45, 7) is 0.652. The molecule has 6 nitrogen and oxygen atoms in total. The van der Waals surface area contributed by atoms with Gasteiger partial charge in [-0.2, -0.15) is 0 Å². The topological polar surface area (TPSA) is 86.0 Å². The van der Waals surface area contributed by atoms with E-state index >= 15 is 0 Å². The zero-order valence-corrected chi connectivity index (χ0v) is 18.1. The summed E-state index contributed by atoms with van der Waals surface area (Å²) >= 11 is 6.61. The molecule has 5 rings (SSSR count). The van der Waals surface area contributed by atoms with Crippen LogP contribution in [0.4, 0.5) is 0 Å². The molecule has 2 fully saturated rings. The van der Waals surface area contributed by atoms with Crippen LogP contribution < -0.4 is 10.2 Å². The number of benzene rings is 2. The largest absolute Gasteiger partial charge is 0.490 e. The Morgan fingerprint density at radius 2 is 1.91 bits per heavy atom. The Morgan fingerprint density at radius 3 is 2.66 bits per heavy atom. The molecule has 2 aromatic carbocycles. The average molecular weight is 455 g/mol. The fraction of sp³-hybridized carbons (Fsp3) is 0.360. The second kappa shape index (κ2) is 8.60. The predicted octanol–water partition coefficient (Wildman–Crippen LogP) is 5.25. The van der Waals surface area contributed by atoms with Gasteiger partial charge in [-0.1, -0.05) is 29.8 Å². The van der Waals surface area contributed by atoms with Crippen molar-refractivity contribution in [1.82, 2.24) is 0 Å². The number of carboxylic acid groups (broad SMARTS) is 1. The van der Waals surface area contributed by atoms with Gasteiger partial charge in [0, 0.05) is 6.07 Å². The molecular weight excluding hydrogens is 432 g/mol. The number of para-hydroxylation sites is 1. The Balaban J connectivity index is 1.33. The lowest BCUT2D eigenvalue weighted by atomic mass is 9.82. The third kappa shape index (κ3) is 4.12. The van der Waals surface area contributed by atoms with E-state index in [4.69, 9.17) is 30.6 Å². The van der Waals surface area contributed by atoms with Gasteiger partial charge in [-0.15, -0.1) is 0 Å². The fourth-order valence-electron chi connectivity index (χ4n) is 4.11. The van der Waals surface area contributed by atoms with Gasteiger partial charge < -0.3 is 19.0 Å². The highest BCUT2D eigenvalue weighted by atomic mass is 35.5. The first-order valence-corrected chi connectivity index (χ1v) is 11.2. The molecule has 0 unspecified atom stereocenters. The second-order valence-corrected chi connectivity index (χ2v) is 8.82. The third-order valence-corrected chi connectivity index (χ3v) is 6.56. The first-order chi connectivity index (χ1) is 15.5. The highest BCUT2D eigenvalue weighted by molar-refractivity contribution is 6.35. The quantitative estimate of drug-likeness (QED) is 0.468.